The zero-order valence-corrected chi connectivity index (χ0v) is 11.9. The van der Waals surface area contributed by atoms with E-state index >= 15 is 0 Å². The van der Waals surface area contributed by atoms with Gasteiger partial charge in [-0.05, 0) is 36.8 Å². The van der Waals surface area contributed by atoms with Crippen LogP contribution in [-0.2, 0) is 11.2 Å². The standard InChI is InChI=1S/C16H18N2O3/c1-2-20-16(19)14-10-13(17)5-6-15(14)21-9-7-12-4-3-8-18-11-12/h3-6,8,10-11H,2,7,9,17H2,1H3. The average molecular weight is 286 g/mol. The number of hydrogen-bond acceptors (Lipinski definition) is 5. The van der Waals surface area contributed by atoms with Gasteiger partial charge in [0.05, 0.1) is 13.2 Å². The highest BCUT2D eigenvalue weighted by Gasteiger charge is 2.14. The Bertz CT molecular complexity index is 600. The molecule has 0 spiro atoms. The van der Waals surface area contributed by atoms with Crippen LogP contribution in [0.25, 0.3) is 0 Å². The SMILES string of the molecule is CCOC(=O)c1cc(N)ccc1OCCc1cccnc1. The van der Waals surface area contributed by atoms with Crippen molar-refractivity contribution in [2.75, 3.05) is 18.9 Å². The number of anilines is 1. The number of carbonyl (C=O) groups excluding carboxylic acids is 1. The Morgan fingerprint density at radius 1 is 1.33 bits per heavy atom. The number of nitrogens with zero attached hydrogens (tertiary/aromatic N) is 1. The van der Waals surface area contributed by atoms with Crippen LogP contribution in [0.3, 0.4) is 0 Å². The normalized spacial score (nSPS) is 10.1. The Kier molecular flexibility index (Phi) is 5.15. The van der Waals surface area contributed by atoms with E-state index in [0.29, 0.717) is 36.6 Å². The van der Waals surface area contributed by atoms with E-state index in [0.717, 1.165) is 5.56 Å². The molecule has 0 bridgehead atoms. The molecule has 0 unspecified atom stereocenters. The molecule has 5 nitrogen and oxygen atoms in total. The lowest BCUT2D eigenvalue weighted by atomic mass is 10.1. The van der Waals surface area contributed by atoms with Crippen molar-refractivity contribution in [3.8, 4) is 5.75 Å². The van der Waals surface area contributed by atoms with E-state index in [9.17, 15) is 4.79 Å². The van der Waals surface area contributed by atoms with Gasteiger partial charge in [0.25, 0.3) is 0 Å². The third-order valence-electron chi connectivity index (χ3n) is 2.87. The quantitative estimate of drug-likeness (QED) is 0.652. The largest absolute Gasteiger partial charge is 0.492 e. The summed E-state index contributed by atoms with van der Waals surface area (Å²) in [5.74, 6) is 0.0488. The van der Waals surface area contributed by atoms with Gasteiger partial charge in [-0.1, -0.05) is 6.07 Å². The van der Waals surface area contributed by atoms with Crippen molar-refractivity contribution in [3.63, 3.8) is 0 Å². The van der Waals surface area contributed by atoms with Crippen LogP contribution >= 0.6 is 0 Å². The Labute approximate surface area is 123 Å². The van der Waals surface area contributed by atoms with Crippen molar-refractivity contribution in [2.45, 2.75) is 13.3 Å². The van der Waals surface area contributed by atoms with E-state index in [1.807, 2.05) is 12.1 Å². The molecule has 21 heavy (non-hydrogen) atoms. The lowest BCUT2D eigenvalue weighted by Crippen LogP contribution is -2.10. The van der Waals surface area contributed by atoms with Gasteiger partial charge >= 0.3 is 5.97 Å². The van der Waals surface area contributed by atoms with E-state index in [-0.39, 0.29) is 0 Å². The molecule has 1 aromatic carbocycles. The third kappa shape index (κ3) is 4.21. The molecule has 2 rings (SSSR count). The summed E-state index contributed by atoms with van der Waals surface area (Å²) >= 11 is 0. The molecule has 2 N–H and O–H groups in total. The molecule has 0 fully saturated rings. The second-order valence-corrected chi connectivity index (χ2v) is 4.44. The zero-order valence-electron chi connectivity index (χ0n) is 11.9. The number of benzene rings is 1. The maximum Gasteiger partial charge on any atom is 0.341 e. The van der Waals surface area contributed by atoms with Gasteiger partial charge in [0.1, 0.15) is 11.3 Å². The Balaban J connectivity index is 2.03. The van der Waals surface area contributed by atoms with Crippen LogP contribution in [-0.4, -0.2) is 24.2 Å². The highest BCUT2D eigenvalue weighted by Crippen LogP contribution is 2.22. The summed E-state index contributed by atoms with van der Waals surface area (Å²) < 4.78 is 10.7. The first kappa shape index (κ1) is 14.8. The fraction of sp³-hybridized carbons (Fsp3) is 0.250. The minimum atomic E-state index is -0.429. The Morgan fingerprint density at radius 2 is 2.19 bits per heavy atom. The fourth-order valence-corrected chi connectivity index (χ4v) is 1.87. The molecule has 5 heteroatoms. The van der Waals surface area contributed by atoms with Gasteiger partial charge in [-0.15, -0.1) is 0 Å². The summed E-state index contributed by atoms with van der Waals surface area (Å²) in [6.45, 7) is 2.51. The smallest absolute Gasteiger partial charge is 0.341 e. The van der Waals surface area contributed by atoms with Crippen molar-refractivity contribution in [3.05, 3.63) is 53.9 Å². The molecular formula is C16H18N2O3. The van der Waals surface area contributed by atoms with Crippen LogP contribution in [0.15, 0.2) is 42.7 Å². The molecule has 0 radical (unpaired) electrons. The number of carbonyl (C=O) groups is 1. The first-order chi connectivity index (χ1) is 10.2. The molecule has 2 aromatic rings. The first-order valence-electron chi connectivity index (χ1n) is 6.79. The highest BCUT2D eigenvalue weighted by molar-refractivity contribution is 5.93. The molecule has 0 amide bonds. The average Bonchev–Trinajstić information content (AvgIpc) is 2.50. The topological polar surface area (TPSA) is 74.4 Å². The molecule has 0 saturated heterocycles. The summed E-state index contributed by atoms with van der Waals surface area (Å²) in [6.07, 6.45) is 4.22. The number of rotatable bonds is 6. The molecule has 0 atom stereocenters. The van der Waals surface area contributed by atoms with E-state index in [4.69, 9.17) is 15.2 Å². The van der Waals surface area contributed by atoms with Gasteiger partial charge < -0.3 is 15.2 Å². The molecule has 110 valence electrons. The zero-order chi connectivity index (χ0) is 15.1. The second-order valence-electron chi connectivity index (χ2n) is 4.44. The fourth-order valence-electron chi connectivity index (χ4n) is 1.87. The second kappa shape index (κ2) is 7.28. The third-order valence-corrected chi connectivity index (χ3v) is 2.87. The predicted octanol–water partition coefficient (Wildman–Crippen LogP) is 2.46. The Hall–Kier alpha value is -2.56. The highest BCUT2D eigenvalue weighted by atomic mass is 16.5. The van der Waals surface area contributed by atoms with Gasteiger partial charge in [0.2, 0.25) is 0 Å². The van der Waals surface area contributed by atoms with E-state index in [1.165, 1.54) is 0 Å². The van der Waals surface area contributed by atoms with Gasteiger partial charge in [0, 0.05) is 24.5 Å². The molecule has 0 saturated carbocycles. The summed E-state index contributed by atoms with van der Waals surface area (Å²) in [6, 6.07) is 8.80. The summed E-state index contributed by atoms with van der Waals surface area (Å²) in [5, 5.41) is 0. The van der Waals surface area contributed by atoms with Crippen LogP contribution in [0.2, 0.25) is 0 Å². The monoisotopic (exact) mass is 286 g/mol. The predicted molar refractivity (Wildman–Crippen MR) is 80.2 cm³/mol. The summed E-state index contributed by atoms with van der Waals surface area (Å²) in [5.41, 5.74) is 7.63. The molecule has 1 heterocycles. The number of nitrogens with two attached hydrogens (primary N) is 1. The van der Waals surface area contributed by atoms with Crippen molar-refractivity contribution < 1.29 is 14.3 Å². The number of nitrogen functional groups attached to an aromatic ring is 1. The molecular weight excluding hydrogens is 268 g/mol. The first-order valence-corrected chi connectivity index (χ1v) is 6.79. The minimum absolute atomic E-state index is 0.308. The Morgan fingerprint density at radius 3 is 2.90 bits per heavy atom. The van der Waals surface area contributed by atoms with Crippen molar-refractivity contribution in [1.82, 2.24) is 4.98 Å². The lowest BCUT2D eigenvalue weighted by molar-refractivity contribution is 0.0522. The number of ether oxygens (including phenoxy) is 2. The van der Waals surface area contributed by atoms with Crippen LogP contribution in [0, 0.1) is 0 Å². The van der Waals surface area contributed by atoms with Crippen molar-refractivity contribution >= 4 is 11.7 Å². The van der Waals surface area contributed by atoms with E-state index in [1.54, 1.807) is 37.5 Å². The maximum atomic E-state index is 11.9. The van der Waals surface area contributed by atoms with Crippen LogP contribution in [0.5, 0.6) is 5.75 Å². The summed E-state index contributed by atoms with van der Waals surface area (Å²) in [4.78, 5) is 15.9. The molecule has 0 aliphatic carbocycles. The van der Waals surface area contributed by atoms with Gasteiger partial charge in [-0.25, -0.2) is 4.79 Å². The van der Waals surface area contributed by atoms with Crippen molar-refractivity contribution in [2.24, 2.45) is 0 Å². The van der Waals surface area contributed by atoms with Gasteiger partial charge in [0.15, 0.2) is 0 Å². The van der Waals surface area contributed by atoms with Crippen molar-refractivity contribution in [1.29, 1.82) is 0 Å². The molecule has 1 aromatic heterocycles. The summed E-state index contributed by atoms with van der Waals surface area (Å²) in [7, 11) is 0. The number of aromatic nitrogens is 1. The van der Waals surface area contributed by atoms with E-state index in [2.05, 4.69) is 4.98 Å². The van der Waals surface area contributed by atoms with Crippen LogP contribution < -0.4 is 10.5 Å². The van der Waals surface area contributed by atoms with E-state index < -0.39 is 5.97 Å². The lowest BCUT2D eigenvalue weighted by Gasteiger charge is -2.11. The number of esters is 1. The molecule has 0 aliphatic heterocycles. The minimum Gasteiger partial charge on any atom is -0.492 e. The number of hydrogen-bond donors (Lipinski definition) is 1. The number of pyridine rings is 1. The molecule has 0 aliphatic rings. The maximum absolute atomic E-state index is 11.9. The van der Waals surface area contributed by atoms with Gasteiger partial charge in [-0.2, -0.15) is 0 Å². The van der Waals surface area contributed by atoms with Crippen LogP contribution in [0.4, 0.5) is 5.69 Å². The van der Waals surface area contributed by atoms with Gasteiger partial charge in [-0.3, -0.25) is 4.98 Å². The van der Waals surface area contributed by atoms with Crippen LogP contribution in [0.1, 0.15) is 22.8 Å².